The summed E-state index contributed by atoms with van der Waals surface area (Å²) < 4.78 is 39.7. The highest BCUT2D eigenvalue weighted by Gasteiger charge is 2.31. The average molecular weight is 604 g/mol. The molecule has 0 fully saturated rings. The lowest BCUT2D eigenvalue weighted by molar-refractivity contribution is -0.862. The van der Waals surface area contributed by atoms with Crippen molar-refractivity contribution in [1.82, 2.24) is 15.4 Å². The number of benzene rings is 2. The number of nitrogens with zero attached hydrogens (tertiary/aromatic N) is 4. The summed E-state index contributed by atoms with van der Waals surface area (Å²) in [6.07, 6.45) is -5.27. The number of hydrazone groups is 1. The van der Waals surface area contributed by atoms with Gasteiger partial charge >= 0.3 is 6.18 Å². The third kappa shape index (κ3) is 8.46. The maximum atomic E-state index is 13.2. The number of rotatable bonds is 8. The highest BCUT2D eigenvalue weighted by atomic mass is 35.5. The quantitative estimate of drug-likeness (QED) is 0.141. The van der Waals surface area contributed by atoms with Gasteiger partial charge in [0.1, 0.15) is 11.4 Å². The second-order valence-corrected chi connectivity index (χ2v) is 9.74. The summed E-state index contributed by atoms with van der Waals surface area (Å²) in [5, 5.41) is 16.8. The van der Waals surface area contributed by atoms with E-state index in [-0.39, 0.29) is 56.6 Å². The molecule has 1 aromatic heterocycles. The fourth-order valence-electron chi connectivity index (χ4n) is 3.26. The summed E-state index contributed by atoms with van der Waals surface area (Å²) in [5.74, 6) is -1.65. The number of aromatic nitrogens is 2. The molecule has 0 bridgehead atoms. The summed E-state index contributed by atoms with van der Waals surface area (Å²) in [6, 6.07) is 5.88. The third-order valence-electron chi connectivity index (χ3n) is 5.03. The lowest BCUT2D eigenvalue weighted by atomic mass is 10.1. The van der Waals surface area contributed by atoms with Crippen LogP contribution in [0, 0.1) is 10.1 Å². The first kappa shape index (κ1) is 32.1. The van der Waals surface area contributed by atoms with Crippen molar-refractivity contribution in [2.75, 3.05) is 33.0 Å². The first-order chi connectivity index (χ1) is 18.0. The fourth-order valence-corrected chi connectivity index (χ4v) is 3.43. The Balaban J connectivity index is 0.00000560. The van der Waals surface area contributed by atoms with E-state index in [9.17, 15) is 37.7 Å². The van der Waals surface area contributed by atoms with Crippen molar-refractivity contribution >= 4 is 51.5 Å². The van der Waals surface area contributed by atoms with Crippen LogP contribution in [-0.2, 0) is 22.2 Å². The number of carbonyl (C=O) groups is 2. The van der Waals surface area contributed by atoms with Gasteiger partial charge in [0.05, 0.1) is 53.4 Å². The van der Waals surface area contributed by atoms with Gasteiger partial charge in [0.25, 0.3) is 23.1 Å². The summed E-state index contributed by atoms with van der Waals surface area (Å²) in [6.45, 7) is -0.0363. The van der Waals surface area contributed by atoms with Gasteiger partial charge < -0.3 is 27.2 Å². The van der Waals surface area contributed by atoms with E-state index in [1.165, 1.54) is 12.1 Å². The zero-order valence-corrected chi connectivity index (χ0v) is 22.6. The second kappa shape index (κ2) is 12.4. The van der Waals surface area contributed by atoms with E-state index in [2.05, 4.69) is 25.8 Å². The number of aromatic amines is 1. The molecule has 0 aliphatic rings. The van der Waals surface area contributed by atoms with Crippen LogP contribution in [0.5, 0.6) is 0 Å². The largest absolute Gasteiger partial charge is 1.00 e. The average Bonchev–Trinajstić information content (AvgIpc) is 2.81. The van der Waals surface area contributed by atoms with Crippen molar-refractivity contribution in [1.29, 1.82) is 0 Å². The minimum absolute atomic E-state index is 0. The second-order valence-electron chi connectivity index (χ2n) is 9.34. The van der Waals surface area contributed by atoms with Crippen LogP contribution in [0.1, 0.15) is 11.3 Å². The first-order valence-electron chi connectivity index (χ1n) is 11.0. The molecule has 2 amide bonds. The summed E-state index contributed by atoms with van der Waals surface area (Å²) in [5.41, 5.74) is -0.848. The molecule has 0 saturated heterocycles. The molecule has 0 aliphatic heterocycles. The highest BCUT2D eigenvalue weighted by molar-refractivity contribution is 6.44. The van der Waals surface area contributed by atoms with E-state index in [0.29, 0.717) is 6.07 Å². The summed E-state index contributed by atoms with van der Waals surface area (Å²) in [4.78, 5) is 54.9. The van der Waals surface area contributed by atoms with Crippen LogP contribution in [-0.4, -0.2) is 64.6 Å². The van der Waals surface area contributed by atoms with Gasteiger partial charge in [0.2, 0.25) is 0 Å². The number of nitro groups is 1. The number of halogens is 5. The van der Waals surface area contributed by atoms with Crippen molar-refractivity contribution in [2.24, 2.45) is 5.10 Å². The minimum atomic E-state index is -4.71. The van der Waals surface area contributed by atoms with Crippen molar-refractivity contribution in [2.45, 2.75) is 12.6 Å². The molecule has 0 spiro atoms. The molecule has 1 heterocycles. The number of anilines is 1. The van der Waals surface area contributed by atoms with Gasteiger partial charge in [-0.3, -0.25) is 24.5 Å². The normalized spacial score (nSPS) is 12.0. The Labute approximate surface area is 235 Å². The Morgan fingerprint density at radius 1 is 1.18 bits per heavy atom. The minimum Gasteiger partial charge on any atom is -1.00 e. The van der Waals surface area contributed by atoms with Crippen molar-refractivity contribution < 1.29 is 44.6 Å². The van der Waals surface area contributed by atoms with E-state index in [1.807, 2.05) is 0 Å². The van der Waals surface area contributed by atoms with Gasteiger partial charge in [-0.15, -0.1) is 0 Å². The molecule has 0 saturated carbocycles. The molecular weight excluding hydrogens is 582 g/mol. The number of fused-ring (bicyclic) bond motifs is 1. The molecule has 0 aliphatic carbocycles. The van der Waals surface area contributed by atoms with Crippen LogP contribution in [0.25, 0.3) is 11.0 Å². The number of hydrogen-bond acceptors (Lipinski definition) is 7. The number of nitro benzene ring substituents is 1. The zero-order chi connectivity index (χ0) is 29.1. The highest BCUT2D eigenvalue weighted by Crippen LogP contribution is 2.33. The summed E-state index contributed by atoms with van der Waals surface area (Å²) in [7, 11) is 5.19. The molecule has 2 aromatic carbocycles. The van der Waals surface area contributed by atoms with Crippen LogP contribution >= 0.6 is 11.6 Å². The van der Waals surface area contributed by atoms with Crippen LogP contribution in [0.3, 0.4) is 0 Å². The summed E-state index contributed by atoms with van der Waals surface area (Å²) >= 11 is 5.97. The molecule has 0 atom stereocenters. The zero-order valence-electron chi connectivity index (χ0n) is 21.1. The number of amides is 2. The number of non-ortho nitro benzene ring substituents is 1. The Kier molecular flexibility index (Phi) is 9.96. The van der Waals surface area contributed by atoms with Crippen LogP contribution in [0.15, 0.2) is 46.3 Å². The molecule has 3 rings (SSSR count). The van der Waals surface area contributed by atoms with Crippen molar-refractivity contribution in [3.63, 3.8) is 0 Å². The van der Waals surface area contributed by atoms with Gasteiger partial charge in [0.15, 0.2) is 6.54 Å². The van der Waals surface area contributed by atoms with Crippen LogP contribution in [0.4, 0.5) is 24.5 Å². The van der Waals surface area contributed by atoms with E-state index in [0.717, 1.165) is 18.2 Å². The Morgan fingerprint density at radius 2 is 1.85 bits per heavy atom. The molecule has 3 N–H and O–H groups in total. The molecule has 214 valence electrons. The maximum Gasteiger partial charge on any atom is 0.416 e. The monoisotopic (exact) mass is 603 g/mol. The molecule has 0 unspecified atom stereocenters. The number of quaternary nitrogens is 1. The predicted octanol–water partition coefficient (Wildman–Crippen LogP) is -0.133. The molecule has 12 nitrogen and oxygen atoms in total. The lowest BCUT2D eigenvalue weighted by Crippen LogP contribution is -3.00. The number of nitrogens with one attached hydrogen (secondary N) is 3. The van der Waals surface area contributed by atoms with Gasteiger partial charge in [-0.1, -0.05) is 11.6 Å². The Bertz CT molecular complexity index is 1550. The van der Waals surface area contributed by atoms with Crippen LogP contribution in [0.2, 0.25) is 5.02 Å². The van der Waals surface area contributed by atoms with Gasteiger partial charge in [-0.25, -0.2) is 10.4 Å². The number of likely N-dealkylation sites (N-methyl/N-ethyl adjacent to an activating group) is 1. The van der Waals surface area contributed by atoms with E-state index in [4.69, 9.17) is 11.6 Å². The van der Waals surface area contributed by atoms with E-state index >= 15 is 0 Å². The van der Waals surface area contributed by atoms with E-state index < -0.39 is 46.2 Å². The fraction of sp³-hybridized carbons (Fsp3) is 0.261. The Hall–Kier alpha value is -4.08. The molecule has 17 heteroatoms. The number of H-pyrrole nitrogens is 1. The predicted molar refractivity (Wildman–Crippen MR) is 136 cm³/mol. The van der Waals surface area contributed by atoms with Crippen molar-refractivity contribution in [3.8, 4) is 0 Å². The topological polar surface area (TPSA) is 159 Å². The number of carbonyl (C=O) groups excluding carboxylic acids is 2. The van der Waals surface area contributed by atoms with Gasteiger partial charge in [-0.05, 0) is 24.3 Å². The first-order valence-corrected chi connectivity index (χ1v) is 11.4. The number of alkyl halides is 3. The van der Waals surface area contributed by atoms with E-state index in [1.54, 1.807) is 21.1 Å². The van der Waals surface area contributed by atoms with Crippen molar-refractivity contribution in [3.05, 3.63) is 73.1 Å². The molecule has 40 heavy (non-hydrogen) atoms. The third-order valence-corrected chi connectivity index (χ3v) is 5.36. The molecule has 3 aromatic rings. The Morgan fingerprint density at radius 3 is 2.45 bits per heavy atom. The van der Waals surface area contributed by atoms with Gasteiger partial charge in [0, 0.05) is 18.6 Å². The smallest absolute Gasteiger partial charge is 0.416 e. The SMILES string of the molecule is C[N+](C)(C)CC(=O)N/N=C(/Cc1nc2ccc([N+](=O)[O-])cc2[nH]c1=O)C(=O)Nc1cc(C(F)(F)F)ccc1Cl.[Cl-]. The number of hydrogen-bond donors (Lipinski definition) is 3. The molecular formula is C23H22Cl2F3N7O5. The standard InChI is InChI=1S/C23H21ClF3N7O5.ClH/c1-34(2,3)11-20(35)32-31-19(22(37)29-16-8-12(23(25,26)27)4-6-14(16)24)10-18-21(36)30-17-9-13(33(38)39)5-7-15(17)28-18;/h4-9H,10-11H2,1-3H3,(H2-,29,30,32,35,36,37);1H. The molecule has 0 radical (unpaired) electrons. The van der Waals surface area contributed by atoms with Crippen LogP contribution < -0.4 is 28.7 Å². The lowest BCUT2D eigenvalue weighted by Gasteiger charge is -2.22. The van der Waals surface area contributed by atoms with Gasteiger partial charge in [-0.2, -0.15) is 18.3 Å². The maximum absolute atomic E-state index is 13.2.